The van der Waals surface area contributed by atoms with E-state index in [0.717, 1.165) is 0 Å². The molecule has 7 heteroatoms. The number of anilines is 1. The van der Waals surface area contributed by atoms with Crippen molar-refractivity contribution >= 4 is 29.2 Å². The molecule has 0 saturated heterocycles. The first kappa shape index (κ1) is 17.6. The second-order valence-electron chi connectivity index (χ2n) is 4.74. The summed E-state index contributed by atoms with van der Waals surface area (Å²) in [7, 11) is 0. The third-order valence-electron chi connectivity index (χ3n) is 2.98. The van der Waals surface area contributed by atoms with Crippen LogP contribution in [0, 0.1) is 0 Å². The topological polar surface area (TPSA) is 84.9 Å². The number of carbonyl (C=O) groups excluding carboxylic acids is 1. The molecular weight excluding hydrogens is 334 g/mol. The highest BCUT2D eigenvalue weighted by molar-refractivity contribution is 6.30. The largest absolute Gasteiger partial charge is 0.490 e. The SMILES string of the molecule is CCOc1cc(C(=O)O)ccc1OCC(=O)Nc1ccc(Cl)cc1. The molecule has 2 N–H and O–H groups in total. The third kappa shape index (κ3) is 4.89. The lowest BCUT2D eigenvalue weighted by atomic mass is 10.2. The molecule has 2 aromatic rings. The summed E-state index contributed by atoms with van der Waals surface area (Å²) < 4.78 is 10.8. The first-order chi connectivity index (χ1) is 11.5. The van der Waals surface area contributed by atoms with Gasteiger partial charge in [0.1, 0.15) is 0 Å². The van der Waals surface area contributed by atoms with Crippen LogP contribution in [0.15, 0.2) is 42.5 Å². The number of carboxylic acids is 1. The van der Waals surface area contributed by atoms with E-state index in [2.05, 4.69) is 5.32 Å². The van der Waals surface area contributed by atoms with Crippen LogP contribution in [0.4, 0.5) is 5.69 Å². The number of benzene rings is 2. The zero-order valence-corrected chi connectivity index (χ0v) is 13.7. The standard InChI is InChI=1S/C17H16ClNO5/c1-2-23-15-9-11(17(21)22)3-8-14(15)24-10-16(20)19-13-6-4-12(18)5-7-13/h3-9H,2,10H2,1H3,(H,19,20)(H,21,22). The Balaban J connectivity index is 2.01. The number of amides is 1. The number of carbonyl (C=O) groups is 2. The van der Waals surface area contributed by atoms with Crippen LogP contribution in [0.1, 0.15) is 17.3 Å². The zero-order valence-electron chi connectivity index (χ0n) is 12.9. The summed E-state index contributed by atoms with van der Waals surface area (Å²) in [6.45, 7) is 1.87. The Morgan fingerprint density at radius 3 is 2.42 bits per heavy atom. The molecule has 0 spiro atoms. The lowest BCUT2D eigenvalue weighted by Gasteiger charge is -2.12. The fourth-order valence-electron chi connectivity index (χ4n) is 1.90. The second-order valence-corrected chi connectivity index (χ2v) is 5.18. The minimum Gasteiger partial charge on any atom is -0.490 e. The number of ether oxygens (including phenoxy) is 2. The Kier molecular flexibility index (Phi) is 6.03. The normalized spacial score (nSPS) is 10.1. The average Bonchev–Trinajstić information content (AvgIpc) is 2.56. The maximum Gasteiger partial charge on any atom is 0.335 e. The highest BCUT2D eigenvalue weighted by atomic mass is 35.5. The summed E-state index contributed by atoms with van der Waals surface area (Å²) in [5.41, 5.74) is 0.677. The molecule has 126 valence electrons. The molecule has 0 saturated carbocycles. The molecule has 0 bridgehead atoms. The van der Waals surface area contributed by atoms with Gasteiger partial charge in [0.15, 0.2) is 18.1 Å². The van der Waals surface area contributed by atoms with Gasteiger partial charge in [0.2, 0.25) is 0 Å². The molecule has 0 atom stereocenters. The molecule has 0 radical (unpaired) electrons. The highest BCUT2D eigenvalue weighted by Crippen LogP contribution is 2.28. The lowest BCUT2D eigenvalue weighted by Crippen LogP contribution is -2.20. The molecule has 2 aromatic carbocycles. The van der Waals surface area contributed by atoms with Crippen molar-refractivity contribution < 1.29 is 24.2 Å². The van der Waals surface area contributed by atoms with Crippen LogP contribution < -0.4 is 14.8 Å². The van der Waals surface area contributed by atoms with Gasteiger partial charge < -0.3 is 19.9 Å². The predicted molar refractivity (Wildman–Crippen MR) is 90.1 cm³/mol. The smallest absolute Gasteiger partial charge is 0.335 e. The van der Waals surface area contributed by atoms with E-state index in [1.54, 1.807) is 31.2 Å². The molecule has 0 aliphatic carbocycles. The Morgan fingerprint density at radius 1 is 1.08 bits per heavy atom. The monoisotopic (exact) mass is 349 g/mol. The van der Waals surface area contributed by atoms with E-state index >= 15 is 0 Å². The van der Waals surface area contributed by atoms with Gasteiger partial charge in [-0.2, -0.15) is 0 Å². The van der Waals surface area contributed by atoms with Gasteiger partial charge in [-0.15, -0.1) is 0 Å². The number of carboxylic acid groups (broad SMARTS) is 1. The van der Waals surface area contributed by atoms with Gasteiger partial charge in [-0.25, -0.2) is 4.79 Å². The van der Waals surface area contributed by atoms with Gasteiger partial charge in [-0.05, 0) is 49.4 Å². The van der Waals surface area contributed by atoms with E-state index in [1.165, 1.54) is 18.2 Å². The fourth-order valence-corrected chi connectivity index (χ4v) is 2.03. The Labute approximate surface area is 144 Å². The summed E-state index contributed by atoms with van der Waals surface area (Å²) in [5, 5.41) is 12.2. The molecule has 24 heavy (non-hydrogen) atoms. The van der Waals surface area contributed by atoms with E-state index in [1.807, 2.05) is 0 Å². The minimum atomic E-state index is -1.07. The van der Waals surface area contributed by atoms with Crippen molar-refractivity contribution in [2.24, 2.45) is 0 Å². The maximum absolute atomic E-state index is 11.9. The molecule has 0 aliphatic heterocycles. The Hall–Kier alpha value is -2.73. The summed E-state index contributed by atoms with van der Waals surface area (Å²) in [6, 6.07) is 10.9. The van der Waals surface area contributed by atoms with E-state index in [4.69, 9.17) is 26.2 Å². The van der Waals surface area contributed by atoms with Crippen LogP contribution >= 0.6 is 11.6 Å². The minimum absolute atomic E-state index is 0.0800. The van der Waals surface area contributed by atoms with Gasteiger partial charge in [0.05, 0.1) is 12.2 Å². The van der Waals surface area contributed by atoms with Gasteiger partial charge in [0, 0.05) is 10.7 Å². The van der Waals surface area contributed by atoms with Crippen molar-refractivity contribution in [3.63, 3.8) is 0 Å². The first-order valence-corrected chi connectivity index (χ1v) is 7.55. The van der Waals surface area contributed by atoms with Crippen LogP contribution in [0.25, 0.3) is 0 Å². The van der Waals surface area contributed by atoms with E-state index < -0.39 is 5.97 Å². The van der Waals surface area contributed by atoms with Crippen molar-refractivity contribution in [1.82, 2.24) is 0 Å². The molecule has 0 heterocycles. The first-order valence-electron chi connectivity index (χ1n) is 7.18. The Bertz CT molecular complexity index is 730. The van der Waals surface area contributed by atoms with E-state index in [0.29, 0.717) is 23.1 Å². The van der Waals surface area contributed by atoms with Gasteiger partial charge >= 0.3 is 5.97 Å². The van der Waals surface area contributed by atoms with Crippen molar-refractivity contribution in [3.8, 4) is 11.5 Å². The van der Waals surface area contributed by atoms with Crippen molar-refractivity contribution in [1.29, 1.82) is 0 Å². The number of nitrogens with one attached hydrogen (secondary N) is 1. The number of halogens is 1. The fraction of sp³-hybridized carbons (Fsp3) is 0.176. The molecular formula is C17H16ClNO5. The van der Waals surface area contributed by atoms with Gasteiger partial charge in [-0.3, -0.25) is 4.79 Å². The van der Waals surface area contributed by atoms with Crippen molar-refractivity contribution in [3.05, 3.63) is 53.1 Å². The van der Waals surface area contributed by atoms with E-state index in [9.17, 15) is 9.59 Å². The summed E-state index contributed by atoms with van der Waals surface area (Å²) >= 11 is 5.78. The predicted octanol–water partition coefficient (Wildman–Crippen LogP) is 3.45. The van der Waals surface area contributed by atoms with Gasteiger partial charge in [0.25, 0.3) is 5.91 Å². The molecule has 1 amide bonds. The summed E-state index contributed by atoms with van der Waals surface area (Å²) in [4.78, 5) is 22.9. The maximum atomic E-state index is 11.9. The Morgan fingerprint density at radius 2 is 1.79 bits per heavy atom. The van der Waals surface area contributed by atoms with Crippen LogP contribution in [-0.2, 0) is 4.79 Å². The van der Waals surface area contributed by atoms with Gasteiger partial charge in [-0.1, -0.05) is 11.6 Å². The average molecular weight is 350 g/mol. The highest BCUT2D eigenvalue weighted by Gasteiger charge is 2.12. The molecule has 0 aliphatic rings. The van der Waals surface area contributed by atoms with Crippen LogP contribution in [0.5, 0.6) is 11.5 Å². The molecule has 6 nitrogen and oxygen atoms in total. The van der Waals surface area contributed by atoms with E-state index in [-0.39, 0.29) is 23.8 Å². The second kappa shape index (κ2) is 8.21. The molecule has 0 aromatic heterocycles. The molecule has 0 fully saturated rings. The number of hydrogen-bond acceptors (Lipinski definition) is 4. The quantitative estimate of drug-likeness (QED) is 0.799. The summed E-state index contributed by atoms with van der Waals surface area (Å²) in [5.74, 6) is -0.852. The molecule has 2 rings (SSSR count). The number of aromatic carboxylic acids is 1. The third-order valence-corrected chi connectivity index (χ3v) is 3.23. The van der Waals surface area contributed by atoms with Crippen molar-refractivity contribution in [2.45, 2.75) is 6.92 Å². The molecule has 0 unspecified atom stereocenters. The zero-order chi connectivity index (χ0) is 17.5. The number of rotatable bonds is 7. The van der Waals surface area contributed by atoms with Crippen LogP contribution in [-0.4, -0.2) is 30.2 Å². The number of hydrogen-bond donors (Lipinski definition) is 2. The van der Waals surface area contributed by atoms with Crippen molar-refractivity contribution in [2.75, 3.05) is 18.5 Å². The lowest BCUT2D eigenvalue weighted by molar-refractivity contribution is -0.118. The van der Waals surface area contributed by atoms with Crippen LogP contribution in [0.3, 0.4) is 0 Å². The summed E-state index contributed by atoms with van der Waals surface area (Å²) in [6.07, 6.45) is 0. The van der Waals surface area contributed by atoms with Crippen LogP contribution in [0.2, 0.25) is 5.02 Å².